The fraction of sp³-hybridized carbons (Fsp3) is 0.125. The van der Waals surface area contributed by atoms with Gasteiger partial charge in [0.2, 0.25) is 0 Å². The van der Waals surface area contributed by atoms with Gasteiger partial charge in [0.15, 0.2) is 0 Å². The highest BCUT2D eigenvalue weighted by Gasteiger charge is 1.93. The number of nitrogens with one attached hydrogen (secondary N) is 1. The van der Waals surface area contributed by atoms with Crippen LogP contribution in [0.25, 0.3) is 6.08 Å². The molecule has 2 aromatic carbocycles. The van der Waals surface area contributed by atoms with E-state index in [0.717, 1.165) is 12.2 Å². The highest BCUT2D eigenvalue weighted by atomic mass is 14.9. The van der Waals surface area contributed by atoms with Crippen molar-refractivity contribution in [3.05, 3.63) is 71.8 Å². The predicted octanol–water partition coefficient (Wildman–Crippen LogP) is 4.33. The van der Waals surface area contributed by atoms with E-state index < -0.39 is 0 Å². The number of hydrogen-bond acceptors (Lipinski definition) is 1. The van der Waals surface area contributed by atoms with Crippen LogP contribution in [0, 0.1) is 0 Å². The summed E-state index contributed by atoms with van der Waals surface area (Å²) in [5.74, 6) is 0. The molecule has 0 saturated carbocycles. The smallest absolute Gasteiger partial charge is 0.0400 e. The van der Waals surface area contributed by atoms with E-state index in [0.29, 0.717) is 0 Å². The second-order valence-electron chi connectivity index (χ2n) is 3.96. The van der Waals surface area contributed by atoms with Gasteiger partial charge in [0.05, 0.1) is 0 Å². The lowest BCUT2D eigenvalue weighted by molar-refractivity contribution is 1.15. The molecule has 0 aliphatic rings. The van der Waals surface area contributed by atoms with E-state index >= 15 is 0 Å². The third kappa shape index (κ3) is 3.49. The maximum Gasteiger partial charge on any atom is 0.0400 e. The largest absolute Gasteiger partial charge is 0.381 e. The number of anilines is 1. The van der Waals surface area contributed by atoms with Crippen LogP contribution in [0.2, 0.25) is 0 Å². The molecule has 0 atom stereocenters. The van der Waals surface area contributed by atoms with Crippen LogP contribution in [0.5, 0.6) is 0 Å². The molecule has 17 heavy (non-hydrogen) atoms. The second-order valence-corrected chi connectivity index (χ2v) is 3.96. The summed E-state index contributed by atoms with van der Waals surface area (Å²) in [4.78, 5) is 0. The average molecular weight is 223 g/mol. The lowest BCUT2D eigenvalue weighted by Gasteiger charge is -2.06. The molecule has 0 bridgehead atoms. The molecule has 0 fully saturated rings. The lowest BCUT2D eigenvalue weighted by Crippen LogP contribution is -1.98. The van der Waals surface area contributed by atoms with Gasteiger partial charge in [0.1, 0.15) is 0 Å². The molecule has 0 saturated heterocycles. The van der Waals surface area contributed by atoms with Crippen LogP contribution >= 0.6 is 0 Å². The van der Waals surface area contributed by atoms with Gasteiger partial charge in [-0.2, -0.15) is 0 Å². The summed E-state index contributed by atoms with van der Waals surface area (Å²) in [6.45, 7) is 2.89. The number of benzene rings is 2. The maximum absolute atomic E-state index is 3.41. The minimum atomic E-state index is 0.865. The Morgan fingerprint density at radius 1 is 0.941 bits per heavy atom. The minimum Gasteiger partial charge on any atom is -0.381 e. The number of rotatable bonds is 4. The topological polar surface area (TPSA) is 12.0 Å². The predicted molar refractivity (Wildman–Crippen MR) is 74.9 cm³/mol. The third-order valence-corrected chi connectivity index (χ3v) is 2.61. The Bertz CT molecular complexity index is 469. The van der Waals surface area contributed by atoms with E-state index in [2.05, 4.69) is 59.9 Å². The normalized spacial score (nSPS) is 10.6. The standard InChI is InChI=1S/C16H17N/c1-2-6-14-9-11-16(12-10-14)17-13-15-7-4-3-5-8-15/h2-12,17H,13H2,1H3/b6-2+. The van der Waals surface area contributed by atoms with Crippen LogP contribution in [0.1, 0.15) is 18.1 Å². The zero-order chi connectivity index (χ0) is 11.9. The van der Waals surface area contributed by atoms with E-state index in [1.165, 1.54) is 11.1 Å². The molecule has 1 nitrogen and oxygen atoms in total. The van der Waals surface area contributed by atoms with Gasteiger partial charge in [-0.25, -0.2) is 0 Å². The van der Waals surface area contributed by atoms with E-state index in [9.17, 15) is 0 Å². The molecular weight excluding hydrogens is 206 g/mol. The first-order valence-electron chi connectivity index (χ1n) is 5.89. The van der Waals surface area contributed by atoms with Gasteiger partial charge in [0, 0.05) is 12.2 Å². The Morgan fingerprint density at radius 2 is 1.65 bits per heavy atom. The molecule has 0 spiro atoms. The Labute approximate surface area is 103 Å². The van der Waals surface area contributed by atoms with Crippen molar-refractivity contribution in [2.75, 3.05) is 5.32 Å². The first-order valence-corrected chi connectivity index (χ1v) is 5.89. The van der Waals surface area contributed by atoms with Crippen molar-refractivity contribution in [1.29, 1.82) is 0 Å². The van der Waals surface area contributed by atoms with Crippen LogP contribution in [0.3, 0.4) is 0 Å². The van der Waals surface area contributed by atoms with Crippen LogP contribution in [-0.4, -0.2) is 0 Å². The van der Waals surface area contributed by atoms with Crippen molar-refractivity contribution in [3.63, 3.8) is 0 Å². The Kier molecular flexibility index (Phi) is 3.98. The molecule has 0 unspecified atom stereocenters. The molecule has 0 aromatic heterocycles. The van der Waals surface area contributed by atoms with E-state index in [-0.39, 0.29) is 0 Å². The first kappa shape index (κ1) is 11.5. The molecule has 0 aliphatic carbocycles. The summed E-state index contributed by atoms with van der Waals surface area (Å²) >= 11 is 0. The van der Waals surface area contributed by atoms with Gasteiger partial charge in [-0.3, -0.25) is 0 Å². The molecule has 1 heteroatoms. The van der Waals surface area contributed by atoms with Crippen molar-refractivity contribution in [2.45, 2.75) is 13.5 Å². The zero-order valence-corrected chi connectivity index (χ0v) is 10.1. The Balaban J connectivity index is 1.95. The summed E-state index contributed by atoms with van der Waals surface area (Å²) in [5.41, 5.74) is 3.69. The van der Waals surface area contributed by atoms with Crippen molar-refractivity contribution in [3.8, 4) is 0 Å². The van der Waals surface area contributed by atoms with Crippen LogP contribution in [0.4, 0.5) is 5.69 Å². The molecule has 0 radical (unpaired) electrons. The summed E-state index contributed by atoms with van der Waals surface area (Å²) in [7, 11) is 0. The van der Waals surface area contributed by atoms with E-state index in [1.54, 1.807) is 0 Å². The van der Waals surface area contributed by atoms with Crippen molar-refractivity contribution >= 4 is 11.8 Å². The summed E-state index contributed by atoms with van der Waals surface area (Å²) in [6.07, 6.45) is 4.15. The van der Waals surface area contributed by atoms with Crippen LogP contribution < -0.4 is 5.32 Å². The van der Waals surface area contributed by atoms with Crippen LogP contribution in [0.15, 0.2) is 60.7 Å². The van der Waals surface area contributed by atoms with Crippen molar-refractivity contribution < 1.29 is 0 Å². The van der Waals surface area contributed by atoms with Gasteiger partial charge in [0.25, 0.3) is 0 Å². The summed E-state index contributed by atoms with van der Waals surface area (Å²) in [6, 6.07) is 18.9. The van der Waals surface area contributed by atoms with E-state index in [1.807, 2.05) is 19.1 Å². The summed E-state index contributed by atoms with van der Waals surface area (Å²) < 4.78 is 0. The molecule has 1 N–H and O–H groups in total. The van der Waals surface area contributed by atoms with Crippen molar-refractivity contribution in [2.24, 2.45) is 0 Å². The van der Waals surface area contributed by atoms with Gasteiger partial charge in [-0.15, -0.1) is 0 Å². The molecule has 0 heterocycles. The van der Waals surface area contributed by atoms with Crippen molar-refractivity contribution in [1.82, 2.24) is 0 Å². The Hall–Kier alpha value is -2.02. The average Bonchev–Trinajstić information content (AvgIpc) is 2.40. The fourth-order valence-corrected chi connectivity index (χ4v) is 1.70. The van der Waals surface area contributed by atoms with Gasteiger partial charge < -0.3 is 5.32 Å². The molecule has 0 aliphatic heterocycles. The third-order valence-electron chi connectivity index (χ3n) is 2.61. The monoisotopic (exact) mass is 223 g/mol. The minimum absolute atomic E-state index is 0.865. The second kappa shape index (κ2) is 5.90. The maximum atomic E-state index is 3.41. The first-order chi connectivity index (χ1) is 8.38. The number of allylic oxidation sites excluding steroid dienone is 1. The molecule has 2 rings (SSSR count). The molecule has 0 amide bonds. The van der Waals surface area contributed by atoms with Gasteiger partial charge in [-0.1, -0.05) is 54.6 Å². The van der Waals surface area contributed by atoms with E-state index in [4.69, 9.17) is 0 Å². The van der Waals surface area contributed by atoms with Gasteiger partial charge in [-0.05, 0) is 30.2 Å². The lowest BCUT2D eigenvalue weighted by atomic mass is 10.2. The quantitative estimate of drug-likeness (QED) is 0.813. The Morgan fingerprint density at radius 3 is 2.29 bits per heavy atom. The molecule has 86 valence electrons. The number of hydrogen-bond donors (Lipinski definition) is 1. The van der Waals surface area contributed by atoms with Gasteiger partial charge >= 0.3 is 0 Å². The fourth-order valence-electron chi connectivity index (χ4n) is 1.70. The highest BCUT2D eigenvalue weighted by Crippen LogP contribution is 2.12. The zero-order valence-electron chi connectivity index (χ0n) is 10.1. The highest BCUT2D eigenvalue weighted by molar-refractivity contribution is 5.54. The summed E-state index contributed by atoms with van der Waals surface area (Å²) in [5, 5.41) is 3.41. The molecular formula is C16H17N. The van der Waals surface area contributed by atoms with Crippen LogP contribution in [-0.2, 0) is 6.54 Å². The SMILES string of the molecule is C/C=C/c1ccc(NCc2ccccc2)cc1. The molecule has 2 aromatic rings.